The second-order valence-corrected chi connectivity index (χ2v) is 7.14. The Morgan fingerprint density at radius 3 is 2.56 bits per heavy atom. The van der Waals surface area contributed by atoms with Crippen molar-refractivity contribution in [2.75, 3.05) is 12.4 Å². The predicted octanol–water partition coefficient (Wildman–Crippen LogP) is 4.12. The number of aromatic nitrogens is 2. The van der Waals surface area contributed by atoms with Gasteiger partial charge in [-0.1, -0.05) is 23.4 Å². The van der Waals surface area contributed by atoms with Gasteiger partial charge in [0.2, 0.25) is 5.89 Å². The molecule has 0 fully saturated rings. The Labute approximate surface area is 165 Å². The number of carbonyl (C=O) groups excluding carboxylic acids is 1. The number of carbonyl (C=O) groups is 1. The van der Waals surface area contributed by atoms with E-state index < -0.39 is 6.10 Å². The maximum absolute atomic E-state index is 11.2. The molecule has 0 saturated heterocycles. The van der Waals surface area contributed by atoms with Gasteiger partial charge in [0, 0.05) is 21.9 Å². The maximum atomic E-state index is 11.2. The molecule has 1 N–H and O–H groups in total. The molecule has 0 unspecified atom stereocenters. The van der Waals surface area contributed by atoms with E-state index in [4.69, 9.17) is 20.8 Å². The summed E-state index contributed by atoms with van der Waals surface area (Å²) in [5, 5.41) is 19.0. The highest BCUT2D eigenvalue weighted by atomic mass is 35.5. The third kappa shape index (κ3) is 5.56. The highest BCUT2D eigenvalue weighted by Crippen LogP contribution is 2.24. The van der Waals surface area contributed by atoms with Gasteiger partial charge in [-0.2, -0.15) is 0 Å². The van der Waals surface area contributed by atoms with Gasteiger partial charge >= 0.3 is 0 Å². The first kappa shape index (κ1) is 19.4. The van der Waals surface area contributed by atoms with Crippen molar-refractivity contribution in [3.8, 4) is 17.2 Å². The fraction of sp³-hybridized carbons (Fsp3) is 0.211. The average Bonchev–Trinajstić information content (AvgIpc) is 3.14. The molecule has 3 aromatic rings. The van der Waals surface area contributed by atoms with E-state index in [-0.39, 0.29) is 12.4 Å². The van der Waals surface area contributed by atoms with Crippen LogP contribution in [-0.2, 0) is 0 Å². The molecular weight excluding hydrogens is 388 g/mol. The van der Waals surface area contributed by atoms with Gasteiger partial charge in [0.15, 0.2) is 5.78 Å². The van der Waals surface area contributed by atoms with Crippen LogP contribution in [-0.4, -0.2) is 39.6 Å². The number of ether oxygens (including phenoxy) is 1. The van der Waals surface area contributed by atoms with Crippen molar-refractivity contribution in [3.05, 3.63) is 59.1 Å². The number of thioether (sulfide) groups is 1. The van der Waals surface area contributed by atoms with Gasteiger partial charge in [-0.3, -0.25) is 4.79 Å². The number of aliphatic hydroxyl groups is 1. The minimum Gasteiger partial charge on any atom is -0.491 e. The van der Waals surface area contributed by atoms with Crippen LogP contribution in [0, 0.1) is 0 Å². The first-order chi connectivity index (χ1) is 13.0. The summed E-state index contributed by atoms with van der Waals surface area (Å²) in [7, 11) is 0. The molecule has 8 heteroatoms. The van der Waals surface area contributed by atoms with Crippen LogP contribution < -0.4 is 4.74 Å². The quantitative estimate of drug-likeness (QED) is 0.446. The van der Waals surface area contributed by atoms with E-state index in [1.54, 1.807) is 48.5 Å². The molecule has 0 bridgehead atoms. The number of halogens is 1. The number of benzene rings is 2. The Kier molecular flexibility index (Phi) is 6.49. The Hall–Kier alpha value is -2.35. The van der Waals surface area contributed by atoms with Gasteiger partial charge in [-0.25, -0.2) is 0 Å². The highest BCUT2D eigenvalue weighted by molar-refractivity contribution is 7.99. The molecule has 0 spiro atoms. The third-order valence-electron chi connectivity index (χ3n) is 3.60. The van der Waals surface area contributed by atoms with Crippen LogP contribution in [0.5, 0.6) is 5.75 Å². The molecule has 1 heterocycles. The summed E-state index contributed by atoms with van der Waals surface area (Å²) in [5.41, 5.74) is 1.39. The van der Waals surface area contributed by atoms with Gasteiger partial charge in [-0.05, 0) is 55.5 Å². The molecule has 3 rings (SSSR count). The maximum Gasteiger partial charge on any atom is 0.276 e. The van der Waals surface area contributed by atoms with E-state index in [0.717, 1.165) is 5.56 Å². The fourth-order valence-corrected chi connectivity index (χ4v) is 2.96. The van der Waals surface area contributed by atoms with E-state index in [9.17, 15) is 9.90 Å². The van der Waals surface area contributed by atoms with Gasteiger partial charge < -0.3 is 14.3 Å². The first-order valence-corrected chi connectivity index (χ1v) is 9.52. The van der Waals surface area contributed by atoms with Crippen LogP contribution in [0.3, 0.4) is 0 Å². The largest absolute Gasteiger partial charge is 0.491 e. The topological polar surface area (TPSA) is 85.5 Å². The number of hydrogen-bond donors (Lipinski definition) is 1. The molecule has 27 heavy (non-hydrogen) atoms. The number of nitrogens with zero attached hydrogens (tertiary/aromatic N) is 2. The monoisotopic (exact) mass is 404 g/mol. The van der Waals surface area contributed by atoms with Crippen molar-refractivity contribution in [1.29, 1.82) is 0 Å². The summed E-state index contributed by atoms with van der Waals surface area (Å²) in [6.07, 6.45) is -0.714. The molecule has 0 aliphatic carbocycles. The molecular formula is C19H17ClN2O4S. The minimum absolute atomic E-state index is 0.00416. The van der Waals surface area contributed by atoms with Crippen molar-refractivity contribution in [3.63, 3.8) is 0 Å². The fourth-order valence-electron chi connectivity index (χ4n) is 2.17. The lowest BCUT2D eigenvalue weighted by atomic mass is 10.1. The molecule has 0 radical (unpaired) electrons. The van der Waals surface area contributed by atoms with Crippen molar-refractivity contribution in [1.82, 2.24) is 10.2 Å². The Balaban J connectivity index is 1.47. The lowest BCUT2D eigenvalue weighted by Crippen LogP contribution is -2.20. The van der Waals surface area contributed by atoms with Crippen LogP contribution in [0.4, 0.5) is 0 Å². The number of Topliss-reactive ketones (excluding diaryl/α,β-unsaturated/α-hetero) is 1. The smallest absolute Gasteiger partial charge is 0.276 e. The number of ketones is 1. The number of rotatable bonds is 8. The molecule has 1 aromatic heterocycles. The molecule has 0 amide bonds. The third-order valence-corrected chi connectivity index (χ3v) is 4.82. The first-order valence-electron chi connectivity index (χ1n) is 8.15. The summed E-state index contributed by atoms with van der Waals surface area (Å²) in [4.78, 5) is 11.2. The van der Waals surface area contributed by atoms with Gasteiger partial charge in [0.05, 0.1) is 6.10 Å². The van der Waals surface area contributed by atoms with E-state index in [0.29, 0.717) is 33.2 Å². The lowest BCUT2D eigenvalue weighted by Gasteiger charge is -2.11. The second kappa shape index (κ2) is 9.03. The van der Waals surface area contributed by atoms with Crippen molar-refractivity contribution < 1.29 is 19.1 Å². The highest BCUT2D eigenvalue weighted by Gasteiger charge is 2.12. The summed E-state index contributed by atoms with van der Waals surface area (Å²) in [6.45, 7) is 1.62. The number of aliphatic hydroxyl groups excluding tert-OH is 1. The molecule has 0 aliphatic heterocycles. The lowest BCUT2D eigenvalue weighted by molar-refractivity contribution is 0.101. The average molecular weight is 405 g/mol. The number of hydrogen-bond acceptors (Lipinski definition) is 7. The molecule has 140 valence electrons. The van der Waals surface area contributed by atoms with Crippen molar-refractivity contribution in [2.24, 2.45) is 0 Å². The Morgan fingerprint density at radius 2 is 1.89 bits per heavy atom. The molecule has 6 nitrogen and oxygen atoms in total. The molecule has 1 atom stereocenters. The zero-order valence-corrected chi connectivity index (χ0v) is 16.0. The van der Waals surface area contributed by atoms with Crippen molar-refractivity contribution in [2.45, 2.75) is 18.3 Å². The van der Waals surface area contributed by atoms with E-state index >= 15 is 0 Å². The van der Waals surface area contributed by atoms with E-state index in [1.165, 1.54) is 18.7 Å². The van der Waals surface area contributed by atoms with E-state index in [1.807, 2.05) is 0 Å². The molecule has 0 saturated carbocycles. The van der Waals surface area contributed by atoms with Crippen LogP contribution in [0.15, 0.2) is 58.2 Å². The summed E-state index contributed by atoms with van der Waals surface area (Å²) in [5.74, 6) is 1.32. The Morgan fingerprint density at radius 1 is 1.19 bits per heavy atom. The van der Waals surface area contributed by atoms with Gasteiger partial charge in [0.1, 0.15) is 12.4 Å². The summed E-state index contributed by atoms with van der Waals surface area (Å²) < 4.78 is 11.1. The minimum atomic E-state index is -0.714. The van der Waals surface area contributed by atoms with Crippen LogP contribution >= 0.6 is 23.4 Å². The molecule has 0 aliphatic rings. The van der Waals surface area contributed by atoms with Gasteiger partial charge in [0.25, 0.3) is 5.22 Å². The predicted molar refractivity (Wildman–Crippen MR) is 103 cm³/mol. The van der Waals surface area contributed by atoms with Crippen LogP contribution in [0.25, 0.3) is 11.5 Å². The SMILES string of the molecule is CC(=O)c1ccc(OC[C@@H](O)CSc2nnc(-c3ccc(Cl)cc3)o2)cc1. The Bertz CT molecular complexity index is 897. The zero-order chi connectivity index (χ0) is 19.2. The molecule has 2 aromatic carbocycles. The summed E-state index contributed by atoms with van der Waals surface area (Å²) >= 11 is 7.11. The summed E-state index contributed by atoms with van der Waals surface area (Å²) in [6, 6.07) is 13.9. The second-order valence-electron chi connectivity index (χ2n) is 5.74. The van der Waals surface area contributed by atoms with Crippen LogP contribution in [0.1, 0.15) is 17.3 Å². The normalized spacial score (nSPS) is 12.0. The zero-order valence-electron chi connectivity index (χ0n) is 14.5. The van der Waals surface area contributed by atoms with Crippen LogP contribution in [0.2, 0.25) is 5.02 Å². The van der Waals surface area contributed by atoms with E-state index in [2.05, 4.69) is 10.2 Å². The van der Waals surface area contributed by atoms with Gasteiger partial charge in [-0.15, -0.1) is 10.2 Å². The standard InChI is InChI=1S/C19H17ClN2O4S/c1-12(23)13-4-8-17(9-5-13)25-10-16(24)11-27-19-22-21-18(26-19)14-2-6-15(20)7-3-14/h2-9,16,24H,10-11H2,1H3/t16-/m1/s1. The van der Waals surface area contributed by atoms with Crippen molar-refractivity contribution >= 4 is 29.1 Å².